The molecule has 0 saturated carbocycles. The predicted octanol–water partition coefficient (Wildman–Crippen LogP) is 5.19. The van der Waals surface area contributed by atoms with Crippen molar-refractivity contribution in [3.05, 3.63) is 29.8 Å². The van der Waals surface area contributed by atoms with Gasteiger partial charge in [-0.2, -0.15) is 13.2 Å². The van der Waals surface area contributed by atoms with Crippen molar-refractivity contribution in [3.8, 4) is 0 Å². The molecule has 0 fully saturated rings. The molecule has 0 amide bonds. The van der Waals surface area contributed by atoms with Gasteiger partial charge < -0.3 is 5.32 Å². The Morgan fingerprint density at radius 1 is 1.00 bits per heavy atom. The lowest BCUT2D eigenvalue weighted by molar-refractivity contribution is -0.137. The summed E-state index contributed by atoms with van der Waals surface area (Å²) >= 11 is 0. The largest absolute Gasteiger partial charge is 0.416 e. The summed E-state index contributed by atoms with van der Waals surface area (Å²) in [6.07, 6.45) is -3.27. The second-order valence-electron chi connectivity index (χ2n) is 5.70. The first-order valence-electron chi connectivity index (χ1n) is 6.64. The molecule has 1 N–H and O–H groups in total. The lowest BCUT2D eigenvalue weighted by atomic mass is 9.94. The summed E-state index contributed by atoms with van der Waals surface area (Å²) in [6.45, 7) is 8.52. The van der Waals surface area contributed by atoms with E-state index >= 15 is 0 Å². The standard InChI is InChI=1S/C15H22F3N/c1-10(2)9-14(11(3)4)19-13-7-5-12(6-8-13)15(16,17)18/h5-8,10-11,14,19H,9H2,1-4H3. The minimum Gasteiger partial charge on any atom is -0.382 e. The molecule has 1 aromatic rings. The van der Waals surface area contributed by atoms with Crippen LogP contribution in [0, 0.1) is 11.8 Å². The Morgan fingerprint density at radius 2 is 1.53 bits per heavy atom. The van der Waals surface area contributed by atoms with Crippen molar-refractivity contribution < 1.29 is 13.2 Å². The number of rotatable bonds is 5. The fourth-order valence-corrected chi connectivity index (χ4v) is 1.98. The van der Waals surface area contributed by atoms with Crippen LogP contribution in [0.3, 0.4) is 0 Å². The summed E-state index contributed by atoms with van der Waals surface area (Å²) in [4.78, 5) is 0. The maximum atomic E-state index is 12.5. The van der Waals surface area contributed by atoms with Gasteiger partial charge in [-0.3, -0.25) is 0 Å². The molecular weight excluding hydrogens is 251 g/mol. The smallest absolute Gasteiger partial charge is 0.382 e. The Bertz CT molecular complexity index is 379. The summed E-state index contributed by atoms with van der Waals surface area (Å²) in [6, 6.07) is 5.51. The normalized spacial score (nSPS) is 13.9. The molecule has 19 heavy (non-hydrogen) atoms. The summed E-state index contributed by atoms with van der Waals surface area (Å²) in [7, 11) is 0. The van der Waals surface area contributed by atoms with Crippen LogP contribution >= 0.6 is 0 Å². The second kappa shape index (κ2) is 6.31. The highest BCUT2D eigenvalue weighted by molar-refractivity contribution is 5.46. The molecule has 0 aliphatic heterocycles. The minimum atomic E-state index is -4.27. The first-order valence-corrected chi connectivity index (χ1v) is 6.64. The Kier molecular flexibility index (Phi) is 5.27. The molecule has 1 nitrogen and oxygen atoms in total. The Morgan fingerprint density at radius 3 is 1.89 bits per heavy atom. The van der Waals surface area contributed by atoms with Crippen molar-refractivity contribution >= 4 is 5.69 Å². The zero-order chi connectivity index (χ0) is 14.6. The van der Waals surface area contributed by atoms with E-state index in [-0.39, 0.29) is 6.04 Å². The number of hydrogen-bond donors (Lipinski definition) is 1. The molecule has 0 saturated heterocycles. The van der Waals surface area contributed by atoms with Crippen LogP contribution in [0.2, 0.25) is 0 Å². The van der Waals surface area contributed by atoms with E-state index in [9.17, 15) is 13.2 Å². The maximum absolute atomic E-state index is 12.5. The molecule has 4 heteroatoms. The van der Waals surface area contributed by atoms with Crippen molar-refractivity contribution in [2.75, 3.05) is 5.32 Å². The third-order valence-corrected chi connectivity index (χ3v) is 3.09. The summed E-state index contributed by atoms with van der Waals surface area (Å²) < 4.78 is 37.4. The first-order chi connectivity index (χ1) is 8.70. The van der Waals surface area contributed by atoms with Crippen LogP contribution in [0.5, 0.6) is 0 Å². The first kappa shape index (κ1) is 15.9. The van der Waals surface area contributed by atoms with Crippen LogP contribution in [0.25, 0.3) is 0 Å². The van der Waals surface area contributed by atoms with Crippen molar-refractivity contribution in [1.29, 1.82) is 0 Å². The lowest BCUT2D eigenvalue weighted by Gasteiger charge is -2.25. The number of anilines is 1. The Balaban J connectivity index is 2.75. The van der Waals surface area contributed by atoms with Gasteiger partial charge in [0.05, 0.1) is 5.56 Å². The Labute approximate surface area is 113 Å². The fourth-order valence-electron chi connectivity index (χ4n) is 1.98. The number of nitrogens with one attached hydrogen (secondary N) is 1. The second-order valence-corrected chi connectivity index (χ2v) is 5.70. The van der Waals surface area contributed by atoms with Gasteiger partial charge in [-0.05, 0) is 42.5 Å². The zero-order valence-electron chi connectivity index (χ0n) is 11.9. The monoisotopic (exact) mass is 273 g/mol. The van der Waals surface area contributed by atoms with E-state index in [0.717, 1.165) is 24.2 Å². The minimum absolute atomic E-state index is 0.275. The van der Waals surface area contributed by atoms with Gasteiger partial charge in [0.15, 0.2) is 0 Å². The average Bonchev–Trinajstić information content (AvgIpc) is 2.27. The third kappa shape index (κ3) is 5.13. The molecule has 0 spiro atoms. The van der Waals surface area contributed by atoms with Crippen LogP contribution in [0.15, 0.2) is 24.3 Å². The molecule has 0 aromatic heterocycles. The van der Waals surface area contributed by atoms with Crippen LogP contribution in [-0.2, 0) is 6.18 Å². The highest BCUT2D eigenvalue weighted by Crippen LogP contribution is 2.30. The molecule has 0 aliphatic carbocycles. The van der Waals surface area contributed by atoms with Gasteiger partial charge in [0.25, 0.3) is 0 Å². The van der Waals surface area contributed by atoms with E-state index < -0.39 is 11.7 Å². The molecule has 0 bridgehead atoms. The van der Waals surface area contributed by atoms with Crippen molar-refractivity contribution in [2.45, 2.75) is 46.3 Å². The molecule has 1 atom stereocenters. The number of benzene rings is 1. The molecule has 1 unspecified atom stereocenters. The van der Waals surface area contributed by atoms with Crippen molar-refractivity contribution in [1.82, 2.24) is 0 Å². The van der Waals surface area contributed by atoms with E-state index in [1.165, 1.54) is 12.1 Å². The molecule has 1 rings (SSSR count). The average molecular weight is 273 g/mol. The van der Waals surface area contributed by atoms with Gasteiger partial charge in [0.2, 0.25) is 0 Å². The lowest BCUT2D eigenvalue weighted by Crippen LogP contribution is -2.27. The van der Waals surface area contributed by atoms with Crippen molar-refractivity contribution in [2.24, 2.45) is 11.8 Å². The van der Waals surface area contributed by atoms with E-state index in [2.05, 4.69) is 33.0 Å². The van der Waals surface area contributed by atoms with Gasteiger partial charge in [-0.15, -0.1) is 0 Å². The van der Waals surface area contributed by atoms with E-state index in [4.69, 9.17) is 0 Å². The Hall–Kier alpha value is -1.19. The molecule has 1 aromatic carbocycles. The number of halogens is 3. The zero-order valence-corrected chi connectivity index (χ0v) is 11.9. The maximum Gasteiger partial charge on any atom is 0.416 e. The number of hydrogen-bond acceptors (Lipinski definition) is 1. The highest BCUT2D eigenvalue weighted by atomic mass is 19.4. The van der Waals surface area contributed by atoms with Crippen LogP contribution in [0.1, 0.15) is 39.7 Å². The molecule has 0 radical (unpaired) electrons. The summed E-state index contributed by atoms with van der Waals surface area (Å²) in [5.41, 5.74) is 0.135. The van der Waals surface area contributed by atoms with Gasteiger partial charge in [-0.1, -0.05) is 27.7 Å². The van der Waals surface area contributed by atoms with Gasteiger partial charge in [-0.25, -0.2) is 0 Å². The predicted molar refractivity (Wildman–Crippen MR) is 73.1 cm³/mol. The quantitative estimate of drug-likeness (QED) is 0.778. The topological polar surface area (TPSA) is 12.0 Å². The number of alkyl halides is 3. The fraction of sp³-hybridized carbons (Fsp3) is 0.600. The molecule has 0 aliphatic rings. The molecule has 0 heterocycles. The third-order valence-electron chi connectivity index (χ3n) is 3.09. The summed E-state index contributed by atoms with van der Waals surface area (Å²) in [5, 5.41) is 3.32. The molecule has 108 valence electrons. The van der Waals surface area contributed by atoms with Crippen molar-refractivity contribution in [3.63, 3.8) is 0 Å². The van der Waals surface area contributed by atoms with E-state index in [1.807, 2.05) is 0 Å². The van der Waals surface area contributed by atoms with E-state index in [0.29, 0.717) is 11.8 Å². The summed E-state index contributed by atoms with van der Waals surface area (Å²) in [5.74, 6) is 0.985. The SMILES string of the molecule is CC(C)CC(Nc1ccc(C(F)(F)F)cc1)C(C)C. The van der Waals surface area contributed by atoms with Crippen LogP contribution < -0.4 is 5.32 Å². The molecular formula is C15H22F3N. The van der Waals surface area contributed by atoms with E-state index in [1.54, 1.807) is 0 Å². The highest BCUT2D eigenvalue weighted by Gasteiger charge is 2.30. The van der Waals surface area contributed by atoms with Gasteiger partial charge >= 0.3 is 6.18 Å². The van der Waals surface area contributed by atoms with Crippen LogP contribution in [0.4, 0.5) is 18.9 Å². The van der Waals surface area contributed by atoms with Gasteiger partial charge in [0.1, 0.15) is 0 Å². The van der Waals surface area contributed by atoms with Crippen LogP contribution in [-0.4, -0.2) is 6.04 Å². The van der Waals surface area contributed by atoms with Gasteiger partial charge in [0, 0.05) is 11.7 Å².